The Bertz CT molecular complexity index is 574. The van der Waals surface area contributed by atoms with Crippen molar-refractivity contribution in [1.29, 1.82) is 0 Å². The number of methoxy groups -OCH3 is 1. The summed E-state index contributed by atoms with van der Waals surface area (Å²) in [7, 11) is 1.56. The average Bonchev–Trinajstić information content (AvgIpc) is 3.07. The lowest BCUT2D eigenvalue weighted by Crippen LogP contribution is -2.33. The van der Waals surface area contributed by atoms with Crippen molar-refractivity contribution in [2.75, 3.05) is 20.3 Å². The van der Waals surface area contributed by atoms with Crippen LogP contribution in [0.4, 0.5) is 0 Å². The van der Waals surface area contributed by atoms with Gasteiger partial charge in [0.05, 0.1) is 6.61 Å². The minimum absolute atomic E-state index is 0.147. The first-order valence-corrected chi connectivity index (χ1v) is 8.30. The predicted molar refractivity (Wildman–Crippen MR) is 86.6 cm³/mol. The van der Waals surface area contributed by atoms with E-state index in [2.05, 4.69) is 0 Å². The number of esters is 1. The van der Waals surface area contributed by atoms with E-state index in [0.29, 0.717) is 0 Å². The van der Waals surface area contributed by atoms with Crippen LogP contribution in [0.25, 0.3) is 0 Å². The minimum atomic E-state index is -0.692. The smallest absolute Gasteiger partial charge is 0.332 e. The van der Waals surface area contributed by atoms with Crippen LogP contribution in [0.2, 0.25) is 0 Å². The molecule has 0 N–H and O–H groups in total. The van der Waals surface area contributed by atoms with Gasteiger partial charge in [-0.15, -0.1) is 0 Å². The summed E-state index contributed by atoms with van der Waals surface area (Å²) >= 11 is 0. The molecule has 0 aliphatic carbocycles. The van der Waals surface area contributed by atoms with E-state index in [1.807, 2.05) is 44.2 Å². The van der Waals surface area contributed by atoms with Crippen molar-refractivity contribution in [2.24, 2.45) is 0 Å². The van der Waals surface area contributed by atoms with Crippen LogP contribution in [-0.4, -0.2) is 56.7 Å². The molecule has 2 heterocycles. The van der Waals surface area contributed by atoms with Gasteiger partial charge in [-0.2, -0.15) is 0 Å². The molecule has 4 atom stereocenters. The topological polar surface area (TPSA) is 72.5 Å². The number of hydrogen-bond acceptors (Lipinski definition) is 7. The Morgan fingerprint density at radius 3 is 2.60 bits per heavy atom. The molecule has 2 saturated heterocycles. The molecule has 0 radical (unpaired) electrons. The summed E-state index contributed by atoms with van der Waals surface area (Å²) in [6, 6.07) is 9.48. The summed E-state index contributed by atoms with van der Waals surface area (Å²) in [5, 5.41) is 0. The van der Waals surface area contributed by atoms with Crippen LogP contribution in [0, 0.1) is 0 Å². The zero-order valence-corrected chi connectivity index (χ0v) is 14.7. The molecule has 25 heavy (non-hydrogen) atoms. The number of fused-ring (bicyclic) bond motifs is 1. The Hall–Kier alpha value is -1.51. The fraction of sp³-hybridized carbons (Fsp3) is 0.611. The fourth-order valence-electron chi connectivity index (χ4n) is 3.00. The Morgan fingerprint density at radius 2 is 1.88 bits per heavy atom. The number of hydrogen-bond donors (Lipinski definition) is 0. The van der Waals surface area contributed by atoms with Crippen molar-refractivity contribution in [3.05, 3.63) is 35.9 Å². The van der Waals surface area contributed by atoms with Gasteiger partial charge in [-0.1, -0.05) is 30.3 Å². The maximum atomic E-state index is 11.8. The lowest BCUT2D eigenvalue weighted by Gasteiger charge is -2.23. The second-order valence-electron chi connectivity index (χ2n) is 6.50. The zero-order valence-electron chi connectivity index (χ0n) is 14.7. The summed E-state index contributed by atoms with van der Waals surface area (Å²) in [5.74, 6) is -1.12. The molecule has 7 heteroatoms. The molecule has 138 valence electrons. The van der Waals surface area contributed by atoms with Crippen molar-refractivity contribution >= 4 is 5.97 Å². The molecule has 0 saturated carbocycles. The van der Waals surface area contributed by atoms with E-state index < -0.39 is 18.0 Å². The number of carbonyl (C=O) groups excluding carboxylic acids is 1. The van der Waals surface area contributed by atoms with Crippen LogP contribution in [0.3, 0.4) is 0 Å². The number of benzene rings is 1. The SMILES string of the molecule is COC1O[C@H](COCC(=O)OCc2ccccc2)[C@H]2OC(C)(C)O[C@@H]12. The predicted octanol–water partition coefficient (Wildman–Crippen LogP) is 1.64. The highest BCUT2D eigenvalue weighted by atomic mass is 16.8. The standard InChI is InChI=1S/C18H24O7/c1-18(2)24-15-13(23-17(20-3)16(15)25-18)10-21-11-14(19)22-9-12-7-5-4-6-8-12/h4-8,13,15-17H,9-11H2,1-3H3/t13-,15-,16-,17?/m1/s1. The molecule has 1 aromatic rings. The van der Waals surface area contributed by atoms with Crippen molar-refractivity contribution in [3.63, 3.8) is 0 Å². The van der Waals surface area contributed by atoms with Gasteiger partial charge in [-0.25, -0.2) is 4.79 Å². The van der Waals surface area contributed by atoms with E-state index in [4.69, 9.17) is 28.4 Å². The molecule has 3 rings (SSSR count). The first kappa shape index (κ1) is 18.3. The third-order valence-electron chi connectivity index (χ3n) is 4.08. The Kier molecular flexibility index (Phi) is 5.71. The first-order chi connectivity index (χ1) is 12.0. The molecular formula is C18H24O7. The van der Waals surface area contributed by atoms with Gasteiger partial charge in [0.25, 0.3) is 0 Å². The molecule has 2 aliphatic heterocycles. The second-order valence-corrected chi connectivity index (χ2v) is 6.50. The van der Waals surface area contributed by atoms with Crippen molar-refractivity contribution in [2.45, 2.75) is 50.8 Å². The van der Waals surface area contributed by atoms with Gasteiger partial charge in [-0.05, 0) is 19.4 Å². The van der Waals surface area contributed by atoms with Gasteiger partial charge >= 0.3 is 5.97 Å². The summed E-state index contributed by atoms with van der Waals surface area (Å²) in [4.78, 5) is 11.8. The highest BCUT2D eigenvalue weighted by Crippen LogP contribution is 2.38. The summed E-state index contributed by atoms with van der Waals surface area (Å²) in [6.07, 6.45) is -1.47. The van der Waals surface area contributed by atoms with E-state index in [1.54, 1.807) is 7.11 Å². The average molecular weight is 352 g/mol. The van der Waals surface area contributed by atoms with Gasteiger partial charge in [0.1, 0.15) is 31.5 Å². The molecule has 2 fully saturated rings. The minimum Gasteiger partial charge on any atom is -0.459 e. The number of rotatable bonds is 7. The van der Waals surface area contributed by atoms with Crippen LogP contribution in [-0.2, 0) is 39.8 Å². The van der Waals surface area contributed by atoms with Crippen molar-refractivity contribution in [1.82, 2.24) is 0 Å². The van der Waals surface area contributed by atoms with Crippen LogP contribution in [0.5, 0.6) is 0 Å². The Morgan fingerprint density at radius 1 is 1.16 bits per heavy atom. The number of carbonyl (C=O) groups is 1. The Labute approximate surface area is 147 Å². The lowest BCUT2D eigenvalue weighted by atomic mass is 10.1. The summed E-state index contributed by atoms with van der Waals surface area (Å²) < 4.78 is 33.3. The van der Waals surface area contributed by atoms with E-state index >= 15 is 0 Å². The summed E-state index contributed by atoms with van der Waals surface area (Å²) in [5.41, 5.74) is 0.930. The molecule has 7 nitrogen and oxygen atoms in total. The van der Waals surface area contributed by atoms with Crippen molar-refractivity contribution in [3.8, 4) is 0 Å². The zero-order chi connectivity index (χ0) is 17.9. The number of ether oxygens (including phenoxy) is 6. The third kappa shape index (κ3) is 4.56. The molecular weight excluding hydrogens is 328 g/mol. The van der Waals surface area contributed by atoms with Gasteiger partial charge in [0, 0.05) is 7.11 Å². The normalized spacial score (nSPS) is 30.2. The van der Waals surface area contributed by atoms with Gasteiger partial charge < -0.3 is 28.4 Å². The third-order valence-corrected chi connectivity index (χ3v) is 4.08. The molecule has 0 amide bonds. The van der Waals surface area contributed by atoms with Crippen LogP contribution in [0.1, 0.15) is 19.4 Å². The second kappa shape index (κ2) is 7.80. The van der Waals surface area contributed by atoms with Crippen molar-refractivity contribution < 1.29 is 33.2 Å². The van der Waals surface area contributed by atoms with Crippen LogP contribution >= 0.6 is 0 Å². The Balaban J connectivity index is 1.42. The molecule has 1 aromatic carbocycles. The largest absolute Gasteiger partial charge is 0.459 e. The lowest BCUT2D eigenvalue weighted by molar-refractivity contribution is -0.232. The van der Waals surface area contributed by atoms with E-state index in [1.165, 1.54) is 0 Å². The molecule has 1 unspecified atom stereocenters. The van der Waals surface area contributed by atoms with Crippen LogP contribution < -0.4 is 0 Å². The molecule has 0 spiro atoms. The van der Waals surface area contributed by atoms with E-state index in [-0.39, 0.29) is 38.1 Å². The molecule has 2 aliphatic rings. The highest BCUT2D eigenvalue weighted by Gasteiger charge is 2.55. The maximum absolute atomic E-state index is 11.8. The van der Waals surface area contributed by atoms with Gasteiger partial charge in [0.2, 0.25) is 0 Å². The molecule has 0 bridgehead atoms. The maximum Gasteiger partial charge on any atom is 0.332 e. The monoisotopic (exact) mass is 352 g/mol. The molecule has 0 aromatic heterocycles. The van der Waals surface area contributed by atoms with E-state index in [0.717, 1.165) is 5.56 Å². The van der Waals surface area contributed by atoms with E-state index in [9.17, 15) is 4.79 Å². The van der Waals surface area contributed by atoms with Gasteiger partial charge in [0.15, 0.2) is 12.1 Å². The highest BCUT2D eigenvalue weighted by molar-refractivity contribution is 5.70. The van der Waals surface area contributed by atoms with Crippen LogP contribution in [0.15, 0.2) is 30.3 Å². The fourth-order valence-corrected chi connectivity index (χ4v) is 3.00. The summed E-state index contributed by atoms with van der Waals surface area (Å²) in [6.45, 7) is 3.96. The quantitative estimate of drug-likeness (QED) is 0.691. The first-order valence-electron chi connectivity index (χ1n) is 8.30. The van der Waals surface area contributed by atoms with Gasteiger partial charge in [-0.3, -0.25) is 0 Å².